The number of thioether (sulfide) groups is 1. The van der Waals surface area contributed by atoms with Gasteiger partial charge in [-0.3, -0.25) is 14.2 Å². The number of hydrogen-bond donors (Lipinski definition) is 0. The Morgan fingerprint density at radius 3 is 2.69 bits per heavy atom. The van der Waals surface area contributed by atoms with Crippen LogP contribution in [0.25, 0.3) is 10.2 Å². The smallest absolute Gasteiger partial charge is 0.262 e. The van der Waals surface area contributed by atoms with Crippen molar-refractivity contribution in [3.8, 4) is 0 Å². The number of amides is 1. The number of aromatic nitrogens is 2. The van der Waals surface area contributed by atoms with Crippen LogP contribution in [0.1, 0.15) is 23.3 Å². The van der Waals surface area contributed by atoms with E-state index in [1.807, 2.05) is 0 Å². The molecule has 0 aliphatic heterocycles. The minimum Gasteiger partial charge on any atom is -0.335 e. The molecule has 0 saturated heterocycles. The fraction of sp³-hybridized carbons (Fsp3) is 0.421. The quantitative estimate of drug-likeness (QED) is 0.415. The molecule has 2 aromatic rings. The van der Waals surface area contributed by atoms with Gasteiger partial charge in [-0.2, -0.15) is 0 Å². The second-order valence-electron chi connectivity index (χ2n) is 6.31. The molecule has 1 aliphatic carbocycles. The van der Waals surface area contributed by atoms with E-state index in [0.717, 1.165) is 29.5 Å². The predicted octanol–water partition coefficient (Wildman–Crippen LogP) is 3.17. The van der Waals surface area contributed by atoms with E-state index in [4.69, 9.17) is 4.98 Å². The van der Waals surface area contributed by atoms with E-state index < -0.39 is 0 Å². The van der Waals surface area contributed by atoms with Crippen molar-refractivity contribution in [3.63, 3.8) is 0 Å². The Morgan fingerprint density at radius 2 is 2.00 bits per heavy atom. The van der Waals surface area contributed by atoms with Crippen molar-refractivity contribution in [2.24, 2.45) is 7.05 Å². The summed E-state index contributed by atoms with van der Waals surface area (Å²) < 4.78 is 1.58. The maximum Gasteiger partial charge on any atom is 0.262 e. The minimum absolute atomic E-state index is 0.00149. The second kappa shape index (κ2) is 8.22. The van der Waals surface area contributed by atoms with Crippen LogP contribution in [-0.4, -0.2) is 39.2 Å². The Morgan fingerprint density at radius 1 is 1.31 bits per heavy atom. The van der Waals surface area contributed by atoms with E-state index in [2.05, 4.69) is 13.2 Å². The third-order valence-electron chi connectivity index (χ3n) is 4.53. The zero-order valence-electron chi connectivity index (χ0n) is 15.0. The van der Waals surface area contributed by atoms with Crippen molar-refractivity contribution >= 4 is 39.2 Å². The first kappa shape index (κ1) is 18.9. The third kappa shape index (κ3) is 3.64. The number of carbonyl (C=O) groups is 1. The molecule has 2 aromatic heterocycles. The van der Waals surface area contributed by atoms with Crippen molar-refractivity contribution in [1.82, 2.24) is 14.5 Å². The lowest BCUT2D eigenvalue weighted by molar-refractivity contribution is -0.127. The SMILES string of the molecule is C=CCN(CC=C)C(=O)CSc1nc2sc3c(c2c(=O)n1C)CCCC3. The fourth-order valence-corrected chi connectivity index (χ4v) is 5.38. The molecule has 0 radical (unpaired) electrons. The highest BCUT2D eigenvalue weighted by Gasteiger charge is 2.22. The maximum atomic E-state index is 12.9. The molecule has 3 rings (SSSR count). The van der Waals surface area contributed by atoms with Crippen molar-refractivity contribution < 1.29 is 4.79 Å². The average molecular weight is 390 g/mol. The van der Waals surface area contributed by atoms with Crippen molar-refractivity contribution in [2.75, 3.05) is 18.8 Å². The van der Waals surface area contributed by atoms with E-state index >= 15 is 0 Å². The molecule has 0 atom stereocenters. The Bertz CT molecular complexity index is 904. The lowest BCUT2D eigenvalue weighted by Gasteiger charge is -2.19. The molecule has 2 heterocycles. The number of fused-ring (bicyclic) bond motifs is 3. The molecule has 1 amide bonds. The van der Waals surface area contributed by atoms with Gasteiger partial charge in [-0.1, -0.05) is 23.9 Å². The molecule has 26 heavy (non-hydrogen) atoms. The molecule has 0 aromatic carbocycles. The summed E-state index contributed by atoms with van der Waals surface area (Å²) in [6.45, 7) is 8.33. The van der Waals surface area contributed by atoms with Gasteiger partial charge in [0, 0.05) is 25.0 Å². The summed E-state index contributed by atoms with van der Waals surface area (Å²) in [5, 5.41) is 1.37. The molecule has 138 valence electrons. The number of nitrogens with zero attached hydrogens (tertiary/aromatic N) is 3. The number of carbonyl (C=O) groups excluding carboxylic acids is 1. The van der Waals surface area contributed by atoms with Gasteiger partial charge in [-0.05, 0) is 31.2 Å². The standard InChI is InChI=1S/C19H23N3O2S2/c1-4-10-22(11-5-2)15(23)12-25-19-20-17-16(18(24)21(19)3)13-8-6-7-9-14(13)26-17/h4-5H,1-2,6-12H2,3H3. The highest BCUT2D eigenvalue weighted by atomic mass is 32.2. The minimum atomic E-state index is -0.0189. The molecule has 0 N–H and O–H groups in total. The first-order valence-electron chi connectivity index (χ1n) is 8.70. The molecule has 0 saturated carbocycles. The lowest BCUT2D eigenvalue weighted by Crippen LogP contribution is -2.33. The second-order valence-corrected chi connectivity index (χ2v) is 8.34. The average Bonchev–Trinajstić information content (AvgIpc) is 3.01. The highest BCUT2D eigenvalue weighted by molar-refractivity contribution is 7.99. The van der Waals surface area contributed by atoms with Crippen LogP contribution in [-0.2, 0) is 24.7 Å². The monoisotopic (exact) mass is 389 g/mol. The summed E-state index contributed by atoms with van der Waals surface area (Å²) >= 11 is 2.94. The van der Waals surface area contributed by atoms with Crippen LogP contribution in [0.4, 0.5) is 0 Å². The first-order valence-corrected chi connectivity index (χ1v) is 10.5. The zero-order chi connectivity index (χ0) is 18.7. The molecule has 5 nitrogen and oxygen atoms in total. The molecule has 0 bridgehead atoms. The summed E-state index contributed by atoms with van der Waals surface area (Å²) in [7, 11) is 1.74. The van der Waals surface area contributed by atoms with E-state index in [1.165, 1.54) is 28.6 Å². The fourth-order valence-electron chi connectivity index (χ4n) is 3.20. The summed E-state index contributed by atoms with van der Waals surface area (Å²) in [6.07, 6.45) is 7.71. The topological polar surface area (TPSA) is 55.2 Å². The van der Waals surface area contributed by atoms with Crippen molar-refractivity contribution in [2.45, 2.75) is 30.8 Å². The number of hydrogen-bond acceptors (Lipinski definition) is 5. The first-order chi connectivity index (χ1) is 12.6. The third-order valence-corrected chi connectivity index (χ3v) is 6.73. The van der Waals surface area contributed by atoms with Crippen LogP contribution >= 0.6 is 23.1 Å². The molecular weight excluding hydrogens is 366 g/mol. The lowest BCUT2D eigenvalue weighted by atomic mass is 9.97. The van der Waals surface area contributed by atoms with Crippen LogP contribution in [0.3, 0.4) is 0 Å². The highest BCUT2D eigenvalue weighted by Crippen LogP contribution is 2.34. The Kier molecular flexibility index (Phi) is 5.98. The van der Waals surface area contributed by atoms with Crippen molar-refractivity contribution in [1.29, 1.82) is 0 Å². The van der Waals surface area contributed by atoms with E-state index in [9.17, 15) is 9.59 Å². The van der Waals surface area contributed by atoms with Gasteiger partial charge in [0.1, 0.15) is 4.83 Å². The van der Waals surface area contributed by atoms with Gasteiger partial charge in [0.15, 0.2) is 5.16 Å². The largest absolute Gasteiger partial charge is 0.335 e. The normalized spacial score (nSPS) is 13.4. The molecule has 0 fully saturated rings. The maximum absolute atomic E-state index is 12.9. The van der Waals surface area contributed by atoms with Gasteiger partial charge in [-0.25, -0.2) is 4.98 Å². The summed E-state index contributed by atoms with van der Waals surface area (Å²) in [5.41, 5.74) is 1.19. The Labute approximate surface area is 161 Å². The molecule has 7 heteroatoms. The molecule has 0 spiro atoms. The van der Waals surface area contributed by atoms with Crippen LogP contribution in [0.5, 0.6) is 0 Å². The zero-order valence-corrected chi connectivity index (χ0v) is 16.6. The van der Waals surface area contributed by atoms with E-state index in [-0.39, 0.29) is 17.2 Å². The summed E-state index contributed by atoms with van der Waals surface area (Å²) in [6, 6.07) is 0. The molecular formula is C19H23N3O2S2. The summed E-state index contributed by atoms with van der Waals surface area (Å²) in [5.74, 6) is 0.216. The van der Waals surface area contributed by atoms with E-state index in [0.29, 0.717) is 18.2 Å². The van der Waals surface area contributed by atoms with Crippen LogP contribution in [0.15, 0.2) is 35.3 Å². The number of aryl methyl sites for hydroxylation is 2. The Balaban J connectivity index is 1.85. The Hall–Kier alpha value is -1.86. The van der Waals surface area contributed by atoms with E-state index in [1.54, 1.807) is 40.0 Å². The van der Waals surface area contributed by atoms with Gasteiger partial charge in [0.25, 0.3) is 5.56 Å². The van der Waals surface area contributed by atoms with Gasteiger partial charge in [0.2, 0.25) is 5.91 Å². The van der Waals surface area contributed by atoms with Crippen LogP contribution in [0, 0.1) is 0 Å². The molecule has 0 unspecified atom stereocenters. The number of thiophene rings is 1. The van der Waals surface area contributed by atoms with Gasteiger partial charge < -0.3 is 4.90 Å². The summed E-state index contributed by atoms with van der Waals surface area (Å²) in [4.78, 5) is 33.8. The van der Waals surface area contributed by atoms with Crippen LogP contribution < -0.4 is 5.56 Å². The van der Waals surface area contributed by atoms with Gasteiger partial charge >= 0.3 is 0 Å². The van der Waals surface area contributed by atoms with Gasteiger partial charge in [-0.15, -0.1) is 24.5 Å². The molecule has 1 aliphatic rings. The van der Waals surface area contributed by atoms with Crippen LogP contribution in [0.2, 0.25) is 0 Å². The predicted molar refractivity (Wildman–Crippen MR) is 109 cm³/mol. The van der Waals surface area contributed by atoms with Crippen molar-refractivity contribution in [3.05, 3.63) is 46.1 Å². The number of rotatable bonds is 7. The van der Waals surface area contributed by atoms with Gasteiger partial charge in [0.05, 0.1) is 11.1 Å².